The molecule has 0 aromatic carbocycles. The summed E-state index contributed by atoms with van der Waals surface area (Å²) in [6.07, 6.45) is 4.48. The molecule has 2 heterocycles. The largest absolute Gasteiger partial charge is 0.354 e. The van der Waals surface area contributed by atoms with Crippen molar-refractivity contribution in [3.8, 4) is 0 Å². The number of nitrogens with one attached hydrogen (secondary N) is 2. The van der Waals surface area contributed by atoms with Gasteiger partial charge in [0.15, 0.2) is 0 Å². The predicted molar refractivity (Wildman–Crippen MR) is 68.9 cm³/mol. The number of rotatable bonds is 3. The maximum Gasteiger partial charge on any atom is 0.237 e. The van der Waals surface area contributed by atoms with E-state index in [1.807, 2.05) is 0 Å². The van der Waals surface area contributed by atoms with Crippen LogP contribution in [0, 0.1) is 5.41 Å². The summed E-state index contributed by atoms with van der Waals surface area (Å²) in [5, 5.41) is 6.37. The third kappa shape index (κ3) is 3.42. The van der Waals surface area contributed by atoms with Gasteiger partial charge < -0.3 is 15.5 Å². The van der Waals surface area contributed by atoms with E-state index in [4.69, 9.17) is 0 Å². The number of carbonyl (C=O) groups excluding carboxylic acids is 1. The lowest BCUT2D eigenvalue weighted by Gasteiger charge is -2.38. The molecule has 2 rings (SSSR count). The van der Waals surface area contributed by atoms with Crippen molar-refractivity contribution in [1.29, 1.82) is 0 Å². The van der Waals surface area contributed by atoms with E-state index in [2.05, 4.69) is 29.5 Å². The van der Waals surface area contributed by atoms with E-state index in [1.165, 1.54) is 12.8 Å². The Bertz CT molecular complexity index is 266. The summed E-state index contributed by atoms with van der Waals surface area (Å²) in [4.78, 5) is 14.3. The molecule has 17 heavy (non-hydrogen) atoms. The topological polar surface area (TPSA) is 44.4 Å². The normalized spacial score (nSPS) is 29.2. The Hall–Kier alpha value is -0.610. The Morgan fingerprint density at radius 1 is 1.47 bits per heavy atom. The van der Waals surface area contributed by atoms with Gasteiger partial charge in [-0.05, 0) is 57.8 Å². The smallest absolute Gasteiger partial charge is 0.237 e. The third-order valence-corrected chi connectivity index (χ3v) is 4.26. The minimum atomic E-state index is 0.0601. The monoisotopic (exact) mass is 239 g/mol. The van der Waals surface area contributed by atoms with Crippen LogP contribution in [-0.4, -0.2) is 50.1 Å². The number of carbonyl (C=O) groups is 1. The second kappa shape index (κ2) is 5.36. The van der Waals surface area contributed by atoms with Gasteiger partial charge in [0.05, 0.1) is 6.04 Å². The summed E-state index contributed by atoms with van der Waals surface area (Å²) >= 11 is 0. The van der Waals surface area contributed by atoms with Crippen LogP contribution >= 0.6 is 0 Å². The number of hydrogen-bond acceptors (Lipinski definition) is 3. The van der Waals surface area contributed by atoms with Gasteiger partial charge in [-0.25, -0.2) is 0 Å². The quantitative estimate of drug-likeness (QED) is 0.757. The molecule has 0 saturated carbocycles. The summed E-state index contributed by atoms with van der Waals surface area (Å²) in [6.45, 7) is 6.41. The highest BCUT2D eigenvalue weighted by atomic mass is 16.2. The van der Waals surface area contributed by atoms with Crippen molar-refractivity contribution in [2.75, 3.05) is 33.2 Å². The highest BCUT2D eigenvalue weighted by molar-refractivity contribution is 5.82. The first-order valence-electron chi connectivity index (χ1n) is 6.79. The van der Waals surface area contributed by atoms with Crippen molar-refractivity contribution in [3.05, 3.63) is 0 Å². The lowest BCUT2D eigenvalue weighted by Crippen LogP contribution is -2.47. The standard InChI is InChI=1S/C13H25N3O/c1-13(5-8-16(2)9-6-13)10-15-12(17)11-4-3-7-14-11/h11,14H,3-10H2,1-2H3,(H,15,17)/t11-/m0/s1. The molecule has 0 aromatic rings. The number of likely N-dealkylation sites (tertiary alicyclic amines) is 1. The molecule has 1 atom stereocenters. The average Bonchev–Trinajstić information content (AvgIpc) is 2.84. The Labute approximate surface area is 104 Å². The maximum absolute atomic E-state index is 11.9. The Kier molecular flexibility index (Phi) is 4.05. The van der Waals surface area contributed by atoms with E-state index in [-0.39, 0.29) is 11.9 Å². The molecule has 2 N–H and O–H groups in total. The van der Waals surface area contributed by atoms with Crippen molar-refractivity contribution < 1.29 is 4.79 Å². The summed E-state index contributed by atoms with van der Waals surface area (Å²) < 4.78 is 0. The summed E-state index contributed by atoms with van der Waals surface area (Å²) in [7, 11) is 2.17. The zero-order valence-corrected chi connectivity index (χ0v) is 11.1. The van der Waals surface area contributed by atoms with Gasteiger partial charge in [-0.1, -0.05) is 6.92 Å². The number of amides is 1. The van der Waals surface area contributed by atoms with Crippen LogP contribution in [0.25, 0.3) is 0 Å². The molecule has 2 aliphatic rings. The molecule has 2 saturated heterocycles. The molecule has 0 aromatic heterocycles. The van der Waals surface area contributed by atoms with Gasteiger partial charge >= 0.3 is 0 Å². The molecular formula is C13H25N3O. The molecule has 2 fully saturated rings. The van der Waals surface area contributed by atoms with E-state index in [1.54, 1.807) is 0 Å². The Morgan fingerprint density at radius 3 is 2.76 bits per heavy atom. The first-order valence-corrected chi connectivity index (χ1v) is 6.79. The average molecular weight is 239 g/mol. The van der Waals surface area contributed by atoms with Gasteiger partial charge in [0.1, 0.15) is 0 Å². The summed E-state index contributed by atoms with van der Waals surface area (Å²) in [5.74, 6) is 0.197. The first kappa shape index (κ1) is 12.8. The highest BCUT2D eigenvalue weighted by Gasteiger charge is 2.30. The van der Waals surface area contributed by atoms with Crippen LogP contribution in [0.4, 0.5) is 0 Å². The summed E-state index contributed by atoms with van der Waals surface area (Å²) in [5.41, 5.74) is 0.292. The highest BCUT2D eigenvalue weighted by Crippen LogP contribution is 2.29. The molecule has 0 spiro atoms. The van der Waals surface area contributed by atoms with Gasteiger partial charge in [0, 0.05) is 6.54 Å². The fourth-order valence-electron chi connectivity index (χ4n) is 2.67. The van der Waals surface area contributed by atoms with Crippen molar-refractivity contribution in [2.45, 2.75) is 38.6 Å². The lowest BCUT2D eigenvalue weighted by atomic mass is 9.80. The van der Waals surface area contributed by atoms with Crippen molar-refractivity contribution in [2.24, 2.45) is 5.41 Å². The molecule has 0 unspecified atom stereocenters. The van der Waals surface area contributed by atoms with E-state index < -0.39 is 0 Å². The second-order valence-corrected chi connectivity index (χ2v) is 5.98. The van der Waals surface area contributed by atoms with Crippen LogP contribution in [0.5, 0.6) is 0 Å². The zero-order chi connectivity index (χ0) is 12.3. The number of hydrogen-bond donors (Lipinski definition) is 2. The van der Waals surface area contributed by atoms with Gasteiger partial charge in [0.25, 0.3) is 0 Å². The Morgan fingerprint density at radius 2 is 2.18 bits per heavy atom. The number of nitrogens with zero attached hydrogens (tertiary/aromatic N) is 1. The van der Waals surface area contributed by atoms with Gasteiger partial charge in [0.2, 0.25) is 5.91 Å². The Balaban J connectivity index is 1.75. The van der Waals surface area contributed by atoms with Gasteiger partial charge in [-0.15, -0.1) is 0 Å². The fourth-order valence-corrected chi connectivity index (χ4v) is 2.67. The van der Waals surface area contributed by atoms with Crippen LogP contribution < -0.4 is 10.6 Å². The second-order valence-electron chi connectivity index (χ2n) is 5.98. The molecule has 0 radical (unpaired) electrons. The number of piperidine rings is 1. The molecule has 4 heteroatoms. The molecule has 2 aliphatic heterocycles. The van der Waals surface area contributed by atoms with Crippen molar-refractivity contribution >= 4 is 5.91 Å². The van der Waals surface area contributed by atoms with Crippen LogP contribution in [0.3, 0.4) is 0 Å². The zero-order valence-electron chi connectivity index (χ0n) is 11.1. The first-order chi connectivity index (χ1) is 8.09. The van der Waals surface area contributed by atoms with E-state index >= 15 is 0 Å². The van der Waals surface area contributed by atoms with Crippen molar-refractivity contribution in [3.63, 3.8) is 0 Å². The molecule has 1 amide bonds. The predicted octanol–water partition coefficient (Wildman–Crippen LogP) is 0.587. The van der Waals surface area contributed by atoms with E-state index in [0.29, 0.717) is 5.41 Å². The van der Waals surface area contributed by atoms with Crippen LogP contribution in [0.2, 0.25) is 0 Å². The van der Waals surface area contributed by atoms with Gasteiger partial charge in [-0.3, -0.25) is 4.79 Å². The van der Waals surface area contributed by atoms with Crippen LogP contribution in [0.1, 0.15) is 32.6 Å². The molecule has 4 nitrogen and oxygen atoms in total. The van der Waals surface area contributed by atoms with Crippen LogP contribution in [0.15, 0.2) is 0 Å². The van der Waals surface area contributed by atoms with E-state index in [9.17, 15) is 4.79 Å². The summed E-state index contributed by atoms with van der Waals surface area (Å²) in [6, 6.07) is 0.0601. The maximum atomic E-state index is 11.9. The minimum Gasteiger partial charge on any atom is -0.354 e. The SMILES string of the molecule is CN1CCC(C)(CNC(=O)[C@@H]2CCCN2)CC1. The van der Waals surface area contributed by atoms with Crippen LogP contribution in [-0.2, 0) is 4.79 Å². The van der Waals surface area contributed by atoms with Gasteiger partial charge in [-0.2, -0.15) is 0 Å². The van der Waals surface area contributed by atoms with Crippen molar-refractivity contribution in [1.82, 2.24) is 15.5 Å². The molecule has 0 bridgehead atoms. The molecule has 0 aliphatic carbocycles. The minimum absolute atomic E-state index is 0.0601. The molecule has 98 valence electrons. The third-order valence-electron chi connectivity index (χ3n) is 4.26. The lowest BCUT2D eigenvalue weighted by molar-refractivity contribution is -0.123. The molecular weight excluding hydrogens is 214 g/mol. The van der Waals surface area contributed by atoms with E-state index in [0.717, 1.165) is 39.0 Å². The fraction of sp³-hybridized carbons (Fsp3) is 0.923.